The minimum absolute atomic E-state index is 0.692. The summed E-state index contributed by atoms with van der Waals surface area (Å²) in [5.74, 6) is 0.692. The molecule has 1 fully saturated rings. The van der Waals surface area contributed by atoms with E-state index in [2.05, 4.69) is 58.2 Å². The van der Waals surface area contributed by atoms with Gasteiger partial charge < -0.3 is 10.2 Å². The average molecular weight is 339 g/mol. The Labute approximate surface area is 132 Å². The fraction of sp³-hybridized carbons (Fsp3) is 0.647. The summed E-state index contributed by atoms with van der Waals surface area (Å²) in [4.78, 5) is 2.66. The van der Waals surface area contributed by atoms with Crippen molar-refractivity contribution in [3.63, 3.8) is 0 Å². The normalized spacial score (nSPS) is 16.1. The molecule has 0 saturated heterocycles. The van der Waals surface area contributed by atoms with Crippen molar-refractivity contribution in [3.05, 3.63) is 28.2 Å². The van der Waals surface area contributed by atoms with Crippen LogP contribution in [0.15, 0.2) is 22.7 Å². The largest absolute Gasteiger partial charge is 0.368 e. The summed E-state index contributed by atoms with van der Waals surface area (Å²) < 4.78 is 1.18. The second kappa shape index (κ2) is 7.46. The Bertz CT molecular complexity index is 425. The predicted molar refractivity (Wildman–Crippen MR) is 91.3 cm³/mol. The summed E-state index contributed by atoms with van der Waals surface area (Å²) in [6, 6.07) is 7.42. The van der Waals surface area contributed by atoms with Crippen LogP contribution in [-0.2, 0) is 6.54 Å². The van der Waals surface area contributed by atoms with Crippen LogP contribution in [0.2, 0.25) is 0 Å². The van der Waals surface area contributed by atoms with Gasteiger partial charge in [0, 0.05) is 29.3 Å². The van der Waals surface area contributed by atoms with E-state index in [1.54, 1.807) is 0 Å². The maximum atomic E-state index is 3.64. The molecule has 0 radical (unpaired) electrons. The smallest absolute Gasteiger partial charge is 0.0425 e. The second-order valence-corrected chi connectivity index (χ2v) is 7.20. The van der Waals surface area contributed by atoms with Gasteiger partial charge in [0.25, 0.3) is 0 Å². The van der Waals surface area contributed by atoms with E-state index in [9.17, 15) is 0 Å². The van der Waals surface area contributed by atoms with Crippen LogP contribution in [0.4, 0.5) is 5.69 Å². The first-order valence-electron chi connectivity index (χ1n) is 7.81. The summed E-state index contributed by atoms with van der Waals surface area (Å²) in [5.41, 5.74) is 2.82. The molecule has 0 spiro atoms. The fourth-order valence-electron chi connectivity index (χ4n) is 3.20. The third-order valence-corrected chi connectivity index (χ3v) is 4.54. The molecule has 1 aromatic rings. The second-order valence-electron chi connectivity index (χ2n) is 6.29. The van der Waals surface area contributed by atoms with E-state index in [-0.39, 0.29) is 0 Å². The molecule has 0 heterocycles. The number of benzene rings is 1. The van der Waals surface area contributed by atoms with Crippen LogP contribution in [0.3, 0.4) is 0 Å². The average Bonchev–Trinajstić information content (AvgIpc) is 2.92. The third kappa shape index (κ3) is 3.98. The molecular weight excluding hydrogens is 312 g/mol. The Morgan fingerprint density at radius 1 is 1.30 bits per heavy atom. The molecule has 0 bridgehead atoms. The van der Waals surface area contributed by atoms with Crippen molar-refractivity contribution in [2.45, 2.75) is 52.1 Å². The Hall–Kier alpha value is -0.540. The van der Waals surface area contributed by atoms with Crippen molar-refractivity contribution in [1.29, 1.82) is 0 Å². The van der Waals surface area contributed by atoms with Gasteiger partial charge in [0.15, 0.2) is 0 Å². The van der Waals surface area contributed by atoms with E-state index in [1.165, 1.54) is 41.4 Å². The van der Waals surface area contributed by atoms with Gasteiger partial charge in [-0.1, -0.05) is 48.7 Å². The van der Waals surface area contributed by atoms with Gasteiger partial charge in [0.05, 0.1) is 0 Å². The number of nitrogens with one attached hydrogen (secondary N) is 1. The lowest BCUT2D eigenvalue weighted by molar-refractivity contribution is 0.533. The monoisotopic (exact) mass is 338 g/mol. The molecule has 0 unspecified atom stereocenters. The first-order valence-corrected chi connectivity index (χ1v) is 8.60. The van der Waals surface area contributed by atoms with Crippen LogP contribution in [-0.4, -0.2) is 19.6 Å². The van der Waals surface area contributed by atoms with E-state index in [0.29, 0.717) is 5.92 Å². The number of nitrogens with zero attached hydrogens (tertiary/aromatic N) is 1. The molecule has 2 nitrogen and oxygen atoms in total. The molecule has 1 saturated carbocycles. The molecule has 0 atom stereocenters. The summed E-state index contributed by atoms with van der Waals surface area (Å²) in [5, 5.41) is 3.30. The molecular formula is C17H27BrN2. The van der Waals surface area contributed by atoms with Crippen molar-refractivity contribution in [3.8, 4) is 0 Å². The molecule has 0 aromatic heterocycles. The number of hydrogen-bond acceptors (Lipinski definition) is 2. The molecule has 20 heavy (non-hydrogen) atoms. The van der Waals surface area contributed by atoms with Gasteiger partial charge in [0.2, 0.25) is 0 Å². The zero-order valence-corrected chi connectivity index (χ0v) is 14.5. The van der Waals surface area contributed by atoms with Gasteiger partial charge >= 0.3 is 0 Å². The van der Waals surface area contributed by atoms with Crippen molar-refractivity contribution in [2.24, 2.45) is 5.92 Å². The van der Waals surface area contributed by atoms with Crippen LogP contribution >= 0.6 is 15.9 Å². The van der Waals surface area contributed by atoms with Crippen molar-refractivity contribution < 1.29 is 0 Å². The minimum Gasteiger partial charge on any atom is -0.368 e. The molecule has 1 aromatic carbocycles. The predicted octanol–water partition coefficient (Wildman–Crippen LogP) is 4.57. The van der Waals surface area contributed by atoms with E-state index < -0.39 is 0 Å². The molecule has 3 heteroatoms. The highest BCUT2D eigenvalue weighted by Crippen LogP contribution is 2.33. The van der Waals surface area contributed by atoms with Gasteiger partial charge in [-0.2, -0.15) is 0 Å². The van der Waals surface area contributed by atoms with Gasteiger partial charge in [0.1, 0.15) is 0 Å². The zero-order valence-electron chi connectivity index (χ0n) is 13.0. The molecule has 0 aliphatic heterocycles. The zero-order chi connectivity index (χ0) is 14.5. The van der Waals surface area contributed by atoms with Gasteiger partial charge in [-0.15, -0.1) is 0 Å². The first kappa shape index (κ1) is 15.8. The molecule has 112 valence electrons. The van der Waals surface area contributed by atoms with Crippen LogP contribution in [0, 0.1) is 5.92 Å². The highest BCUT2D eigenvalue weighted by atomic mass is 79.9. The maximum absolute atomic E-state index is 3.64. The highest BCUT2D eigenvalue weighted by Gasteiger charge is 2.25. The van der Waals surface area contributed by atoms with Gasteiger partial charge in [-0.05, 0) is 43.5 Å². The van der Waals surface area contributed by atoms with Gasteiger partial charge in [-0.25, -0.2) is 0 Å². The standard InChI is InChI=1S/C17H27BrN2/c1-13(2)12-20(16-6-4-5-7-16)17-10-15(18)9-8-14(17)11-19-3/h8-10,13,16,19H,4-7,11-12H2,1-3H3. The molecule has 1 N–H and O–H groups in total. The highest BCUT2D eigenvalue weighted by molar-refractivity contribution is 9.10. The molecule has 1 aliphatic rings. The maximum Gasteiger partial charge on any atom is 0.0425 e. The Morgan fingerprint density at radius 2 is 2.00 bits per heavy atom. The van der Waals surface area contributed by atoms with Crippen LogP contribution < -0.4 is 10.2 Å². The Kier molecular flexibility index (Phi) is 5.91. The van der Waals surface area contributed by atoms with E-state index in [1.807, 2.05) is 7.05 Å². The molecule has 0 amide bonds. The van der Waals surface area contributed by atoms with Crippen LogP contribution in [0.5, 0.6) is 0 Å². The lowest BCUT2D eigenvalue weighted by Crippen LogP contribution is -2.37. The van der Waals surface area contributed by atoms with Crippen LogP contribution in [0.1, 0.15) is 45.1 Å². The number of halogens is 1. The van der Waals surface area contributed by atoms with Crippen molar-refractivity contribution in [2.75, 3.05) is 18.5 Å². The third-order valence-electron chi connectivity index (χ3n) is 4.05. The summed E-state index contributed by atoms with van der Waals surface area (Å²) in [7, 11) is 2.02. The summed E-state index contributed by atoms with van der Waals surface area (Å²) >= 11 is 3.64. The minimum atomic E-state index is 0.692. The Morgan fingerprint density at radius 3 is 2.60 bits per heavy atom. The first-order chi connectivity index (χ1) is 9.61. The number of rotatable bonds is 6. The number of anilines is 1. The van der Waals surface area contributed by atoms with E-state index in [4.69, 9.17) is 0 Å². The van der Waals surface area contributed by atoms with E-state index >= 15 is 0 Å². The number of hydrogen-bond donors (Lipinski definition) is 1. The summed E-state index contributed by atoms with van der Waals surface area (Å²) in [6.45, 7) is 6.72. The lowest BCUT2D eigenvalue weighted by atomic mass is 10.1. The fourth-order valence-corrected chi connectivity index (χ4v) is 3.55. The van der Waals surface area contributed by atoms with Crippen molar-refractivity contribution >= 4 is 21.6 Å². The molecule has 2 rings (SSSR count). The topological polar surface area (TPSA) is 15.3 Å². The Balaban J connectivity index is 2.32. The lowest BCUT2D eigenvalue weighted by Gasteiger charge is -2.34. The van der Waals surface area contributed by atoms with Gasteiger partial charge in [-0.3, -0.25) is 0 Å². The summed E-state index contributed by atoms with van der Waals surface area (Å²) in [6.07, 6.45) is 5.46. The SMILES string of the molecule is CNCc1ccc(Br)cc1N(CC(C)C)C1CCCC1. The molecule has 1 aliphatic carbocycles. The van der Waals surface area contributed by atoms with E-state index in [0.717, 1.165) is 19.1 Å². The van der Waals surface area contributed by atoms with Crippen molar-refractivity contribution in [1.82, 2.24) is 5.32 Å². The van der Waals surface area contributed by atoms with Crippen LogP contribution in [0.25, 0.3) is 0 Å². The quantitative estimate of drug-likeness (QED) is 0.816.